The van der Waals surface area contributed by atoms with Crippen molar-refractivity contribution in [1.82, 2.24) is 0 Å². The van der Waals surface area contributed by atoms with Crippen molar-refractivity contribution in [1.29, 1.82) is 0 Å². The molecule has 2 heteroatoms. The van der Waals surface area contributed by atoms with E-state index in [4.69, 9.17) is 0 Å². The molecule has 0 heterocycles. The molecular formula is C90H64N2. The molecule has 434 valence electrons. The second kappa shape index (κ2) is 23.9. The minimum Gasteiger partial charge on any atom is -0.309 e. The molecule has 0 aromatic heterocycles. The molecule has 0 fully saturated rings. The summed E-state index contributed by atoms with van der Waals surface area (Å²) in [6, 6.07) is 129. The standard InChI is InChI=1S/C90H64N2/c1-61-57-69(49-55-87(61)91(89-77(63-25-7-3-8-26-63)41-23-42-78(89)64-27-9-4-10-28-64)73-51-45-67(46-52-73)85-59-71-33-15-17-35-75(71)81-37-19-21-39-83(81)85)70-50-56-88(62(2)58-70)92(90-79(65-29-11-5-12-30-65)43-24-44-80(90)66-31-13-6-14-32-66)74-53-47-68(48-54-74)86-60-72-34-16-18-36-76(72)82-38-20-22-40-84(82)86/h3-60H,1-2H3. The van der Waals surface area contributed by atoms with Crippen LogP contribution >= 0.6 is 0 Å². The van der Waals surface area contributed by atoms with Gasteiger partial charge in [0.2, 0.25) is 0 Å². The van der Waals surface area contributed by atoms with E-state index in [-0.39, 0.29) is 0 Å². The van der Waals surface area contributed by atoms with Crippen LogP contribution in [0.1, 0.15) is 11.1 Å². The molecule has 0 atom stereocenters. The highest BCUT2D eigenvalue weighted by molar-refractivity contribution is 6.15. The maximum absolute atomic E-state index is 2.50. The van der Waals surface area contributed by atoms with Crippen LogP contribution in [0.15, 0.2) is 352 Å². The van der Waals surface area contributed by atoms with Gasteiger partial charge in [-0.05, 0) is 184 Å². The van der Waals surface area contributed by atoms with Crippen molar-refractivity contribution in [2.45, 2.75) is 13.8 Å². The van der Waals surface area contributed by atoms with Crippen molar-refractivity contribution in [3.63, 3.8) is 0 Å². The van der Waals surface area contributed by atoms with Gasteiger partial charge in [0, 0.05) is 45.0 Å². The molecule has 16 aromatic rings. The number of fused-ring (bicyclic) bond motifs is 6. The first-order valence-electron chi connectivity index (χ1n) is 31.8. The lowest BCUT2D eigenvalue weighted by atomic mass is 9.92. The van der Waals surface area contributed by atoms with Crippen LogP contribution in [0, 0.1) is 13.8 Å². The van der Waals surface area contributed by atoms with Gasteiger partial charge < -0.3 is 9.80 Å². The SMILES string of the molecule is Cc1cc(-c2ccc(N(c3ccc(-c4cc5ccccc5c5ccccc45)cc3)c3c(-c4ccccc4)cccc3-c3ccccc3)c(C)c2)ccc1N(c1ccc(-c2cc3ccccc3c3ccccc23)cc1)c1c(-c2ccccc2)cccc1-c1ccccc1. The van der Waals surface area contributed by atoms with Gasteiger partial charge >= 0.3 is 0 Å². The highest BCUT2D eigenvalue weighted by Crippen LogP contribution is 2.51. The summed E-state index contributed by atoms with van der Waals surface area (Å²) in [5.74, 6) is 0. The van der Waals surface area contributed by atoms with E-state index < -0.39 is 0 Å². The molecule has 0 aliphatic carbocycles. The number of para-hydroxylation sites is 2. The number of hydrogen-bond donors (Lipinski definition) is 0. The predicted molar refractivity (Wildman–Crippen MR) is 393 cm³/mol. The monoisotopic (exact) mass is 1170 g/mol. The van der Waals surface area contributed by atoms with E-state index in [2.05, 4.69) is 375 Å². The zero-order valence-corrected chi connectivity index (χ0v) is 51.4. The van der Waals surface area contributed by atoms with Gasteiger partial charge in [0.1, 0.15) is 0 Å². The molecule has 0 N–H and O–H groups in total. The first-order chi connectivity index (χ1) is 45.5. The third-order valence-electron chi connectivity index (χ3n) is 18.5. The van der Waals surface area contributed by atoms with Gasteiger partial charge in [-0.2, -0.15) is 0 Å². The van der Waals surface area contributed by atoms with Gasteiger partial charge in [0.05, 0.1) is 11.4 Å². The first-order valence-corrected chi connectivity index (χ1v) is 31.8. The Morgan fingerprint density at radius 2 is 0.457 bits per heavy atom. The Labute approximate surface area is 538 Å². The third kappa shape index (κ3) is 10.1. The number of nitrogens with zero attached hydrogens (tertiary/aromatic N) is 2. The van der Waals surface area contributed by atoms with Crippen molar-refractivity contribution in [2.75, 3.05) is 9.80 Å². The van der Waals surface area contributed by atoms with Crippen molar-refractivity contribution >= 4 is 77.2 Å². The fourth-order valence-electron chi connectivity index (χ4n) is 14.1. The van der Waals surface area contributed by atoms with Gasteiger partial charge in [-0.3, -0.25) is 0 Å². The maximum Gasteiger partial charge on any atom is 0.0618 e. The molecular weight excluding hydrogens is 1110 g/mol. The summed E-state index contributed by atoms with van der Waals surface area (Å²) < 4.78 is 0. The van der Waals surface area contributed by atoms with Crippen LogP contribution in [0.2, 0.25) is 0 Å². The Kier molecular flexibility index (Phi) is 14.4. The minimum atomic E-state index is 1.07. The lowest BCUT2D eigenvalue weighted by Crippen LogP contribution is -2.14. The van der Waals surface area contributed by atoms with E-state index in [0.29, 0.717) is 0 Å². The number of benzene rings is 16. The number of hydrogen-bond acceptors (Lipinski definition) is 2. The highest BCUT2D eigenvalue weighted by Gasteiger charge is 2.27. The molecule has 0 radical (unpaired) electrons. The second-order valence-electron chi connectivity index (χ2n) is 24.0. The van der Waals surface area contributed by atoms with Gasteiger partial charge in [-0.1, -0.05) is 291 Å². The molecule has 2 nitrogen and oxygen atoms in total. The molecule has 0 aliphatic heterocycles. The average molecular weight is 1170 g/mol. The van der Waals surface area contributed by atoms with Crippen LogP contribution in [-0.4, -0.2) is 0 Å². The molecule has 0 unspecified atom stereocenters. The maximum atomic E-state index is 2.50. The van der Waals surface area contributed by atoms with Crippen LogP contribution in [0.5, 0.6) is 0 Å². The van der Waals surface area contributed by atoms with Crippen LogP contribution in [-0.2, 0) is 0 Å². The smallest absolute Gasteiger partial charge is 0.0618 e. The quantitative estimate of drug-likeness (QED) is 0.106. The number of anilines is 6. The van der Waals surface area contributed by atoms with Crippen LogP contribution in [0.3, 0.4) is 0 Å². The zero-order valence-electron chi connectivity index (χ0n) is 51.4. The largest absolute Gasteiger partial charge is 0.309 e. The number of aryl methyl sites for hydroxylation is 2. The summed E-state index contributed by atoms with van der Waals surface area (Å²) in [6.07, 6.45) is 0. The predicted octanol–water partition coefficient (Wildman–Crippen LogP) is 25.5. The summed E-state index contributed by atoms with van der Waals surface area (Å²) in [7, 11) is 0. The number of rotatable bonds is 13. The third-order valence-corrected chi connectivity index (χ3v) is 18.5. The van der Waals surface area contributed by atoms with E-state index >= 15 is 0 Å². The van der Waals surface area contributed by atoms with Crippen molar-refractivity contribution < 1.29 is 0 Å². The normalized spacial score (nSPS) is 11.4. The minimum absolute atomic E-state index is 1.07. The van der Waals surface area contributed by atoms with Crippen LogP contribution in [0.4, 0.5) is 34.1 Å². The Balaban J connectivity index is 0.842. The first kappa shape index (κ1) is 55.5. The fourth-order valence-corrected chi connectivity index (χ4v) is 14.1. The molecule has 0 aliphatic rings. The Morgan fingerprint density at radius 3 is 0.783 bits per heavy atom. The van der Waals surface area contributed by atoms with E-state index in [1.807, 2.05) is 0 Å². The topological polar surface area (TPSA) is 6.48 Å². The lowest BCUT2D eigenvalue weighted by molar-refractivity contribution is 1.24. The molecule has 92 heavy (non-hydrogen) atoms. The van der Waals surface area contributed by atoms with E-state index in [1.54, 1.807) is 0 Å². The average Bonchev–Trinajstić information content (AvgIpc) is 0.960. The van der Waals surface area contributed by atoms with E-state index in [0.717, 1.165) is 101 Å². The Morgan fingerprint density at radius 1 is 0.185 bits per heavy atom. The molecule has 0 spiro atoms. The van der Waals surface area contributed by atoms with Crippen molar-refractivity contribution in [3.8, 4) is 77.9 Å². The van der Waals surface area contributed by atoms with Gasteiger partial charge in [0.25, 0.3) is 0 Å². The Bertz CT molecular complexity index is 4930. The van der Waals surface area contributed by atoms with Crippen molar-refractivity contribution in [2.24, 2.45) is 0 Å². The molecule has 16 rings (SSSR count). The molecule has 16 aromatic carbocycles. The fraction of sp³-hybridized carbons (Fsp3) is 0.0222. The zero-order chi connectivity index (χ0) is 61.5. The summed E-state index contributed by atoms with van der Waals surface area (Å²) >= 11 is 0. The van der Waals surface area contributed by atoms with Crippen molar-refractivity contribution in [3.05, 3.63) is 363 Å². The molecule has 0 amide bonds. The van der Waals surface area contributed by atoms with Gasteiger partial charge in [-0.25, -0.2) is 0 Å². The Hall–Kier alpha value is -11.8. The summed E-state index contributed by atoms with van der Waals surface area (Å²) in [5, 5.41) is 10.0. The van der Waals surface area contributed by atoms with Crippen LogP contribution in [0.25, 0.3) is 121 Å². The molecule has 0 saturated heterocycles. The van der Waals surface area contributed by atoms with E-state index in [9.17, 15) is 0 Å². The summed E-state index contributed by atoms with van der Waals surface area (Å²) in [6.45, 7) is 4.54. The highest BCUT2D eigenvalue weighted by atomic mass is 15.2. The molecule has 0 saturated carbocycles. The van der Waals surface area contributed by atoms with E-state index in [1.165, 1.54) is 65.3 Å². The summed E-state index contributed by atoms with van der Waals surface area (Å²) in [4.78, 5) is 5.00. The van der Waals surface area contributed by atoms with Gasteiger partial charge in [0.15, 0.2) is 0 Å². The van der Waals surface area contributed by atoms with Gasteiger partial charge in [-0.15, -0.1) is 0 Å². The lowest BCUT2D eigenvalue weighted by Gasteiger charge is -2.32. The molecule has 0 bridgehead atoms. The van der Waals surface area contributed by atoms with Crippen LogP contribution < -0.4 is 9.80 Å². The second-order valence-corrected chi connectivity index (χ2v) is 24.0. The summed E-state index contributed by atoms with van der Waals surface area (Å²) in [5.41, 5.74) is 25.2.